The fourth-order valence-corrected chi connectivity index (χ4v) is 1.39. The summed E-state index contributed by atoms with van der Waals surface area (Å²) < 4.78 is 0. The number of thioether (sulfide) groups is 1. The maximum atomic E-state index is 10.00. The van der Waals surface area contributed by atoms with Crippen LogP contribution in [0.2, 0.25) is 0 Å². The van der Waals surface area contributed by atoms with Crippen LogP contribution in [0.4, 0.5) is 0 Å². The molecule has 0 aromatic rings. The number of rotatable bonds is 7. The highest BCUT2D eigenvalue weighted by Gasteiger charge is 2.02. The molecule has 1 unspecified atom stereocenters. The van der Waals surface area contributed by atoms with E-state index in [2.05, 4.69) is 13.5 Å². The average Bonchev–Trinajstić information content (AvgIpc) is 2.03. The van der Waals surface area contributed by atoms with Gasteiger partial charge in [0.1, 0.15) is 0 Å². The molecule has 0 aliphatic heterocycles. The summed E-state index contributed by atoms with van der Waals surface area (Å²) in [4.78, 5) is 10.00. The van der Waals surface area contributed by atoms with Crippen LogP contribution in [0.25, 0.3) is 0 Å². The van der Waals surface area contributed by atoms with Crippen molar-refractivity contribution in [3.8, 4) is 0 Å². The minimum atomic E-state index is 0.277. The van der Waals surface area contributed by atoms with Gasteiger partial charge in [0.15, 0.2) is 0 Å². The molecule has 0 aliphatic rings. The first-order valence-corrected chi connectivity index (χ1v) is 4.88. The van der Waals surface area contributed by atoms with Gasteiger partial charge in [-0.25, -0.2) is 0 Å². The average molecular weight is 171 g/mol. The van der Waals surface area contributed by atoms with E-state index in [1.54, 1.807) is 0 Å². The van der Waals surface area contributed by atoms with Crippen molar-refractivity contribution in [2.45, 2.75) is 37.9 Å². The molecule has 63 valence electrons. The molecule has 0 heterocycles. The molecule has 2 heteroatoms. The molecule has 0 amide bonds. The Labute approximate surface area is 73.3 Å². The molecule has 0 bridgehead atoms. The summed E-state index contributed by atoms with van der Waals surface area (Å²) >= 11 is 1.20. The van der Waals surface area contributed by atoms with Gasteiger partial charge in [-0.3, -0.25) is 4.79 Å². The minimum absolute atomic E-state index is 0.277. The van der Waals surface area contributed by atoms with Crippen molar-refractivity contribution in [1.82, 2.24) is 0 Å². The van der Waals surface area contributed by atoms with Crippen molar-refractivity contribution >= 4 is 17.4 Å². The van der Waals surface area contributed by atoms with Crippen molar-refractivity contribution in [1.29, 1.82) is 0 Å². The van der Waals surface area contributed by atoms with Crippen LogP contribution in [-0.4, -0.2) is 10.9 Å². The molecule has 0 fully saturated rings. The van der Waals surface area contributed by atoms with E-state index in [9.17, 15) is 4.79 Å². The Morgan fingerprint density at radius 3 is 2.82 bits per heavy atom. The first kappa shape index (κ1) is 10.8. The van der Waals surface area contributed by atoms with Crippen molar-refractivity contribution in [2.24, 2.45) is 0 Å². The quantitative estimate of drug-likeness (QED) is 0.433. The summed E-state index contributed by atoms with van der Waals surface area (Å²) in [6.45, 7) is 5.83. The minimum Gasteiger partial charge on any atom is -0.277 e. The van der Waals surface area contributed by atoms with Gasteiger partial charge in [-0.05, 0) is 6.42 Å². The van der Waals surface area contributed by atoms with E-state index in [0.717, 1.165) is 6.42 Å². The van der Waals surface area contributed by atoms with Crippen molar-refractivity contribution < 1.29 is 4.79 Å². The highest BCUT2D eigenvalue weighted by molar-refractivity contribution is 8.12. The molecule has 0 spiro atoms. The lowest BCUT2D eigenvalue weighted by Crippen LogP contribution is -1.96. The summed E-state index contributed by atoms with van der Waals surface area (Å²) in [5.74, 6) is 0. The molecular formula is C9H15OS. The van der Waals surface area contributed by atoms with Crippen LogP contribution in [0.15, 0.2) is 12.7 Å². The van der Waals surface area contributed by atoms with Crippen LogP contribution in [0.1, 0.15) is 32.6 Å². The summed E-state index contributed by atoms with van der Waals surface area (Å²) in [6, 6.07) is 0. The molecule has 0 N–H and O–H groups in total. The topological polar surface area (TPSA) is 17.1 Å². The normalized spacial score (nSPS) is 12.5. The molecule has 1 nitrogen and oxygen atoms in total. The largest absolute Gasteiger partial charge is 0.277 e. The molecular weight excluding hydrogens is 156 g/mol. The molecule has 1 radical (unpaired) electrons. The second-order valence-corrected chi connectivity index (χ2v) is 3.48. The molecule has 0 aromatic heterocycles. The fraction of sp³-hybridized carbons (Fsp3) is 0.667. The lowest BCUT2D eigenvalue weighted by atomic mass is 10.1. The van der Waals surface area contributed by atoms with Crippen LogP contribution in [0.5, 0.6) is 0 Å². The number of hydrogen-bond donors (Lipinski definition) is 0. The van der Waals surface area contributed by atoms with Crippen LogP contribution in [-0.2, 0) is 4.79 Å². The zero-order chi connectivity index (χ0) is 8.53. The number of carbonyl (C=O) groups excluding carboxylic acids is 1. The van der Waals surface area contributed by atoms with E-state index in [0.29, 0.717) is 0 Å². The van der Waals surface area contributed by atoms with Gasteiger partial charge in [0, 0.05) is 5.25 Å². The second-order valence-electron chi connectivity index (χ2n) is 2.47. The van der Waals surface area contributed by atoms with E-state index < -0.39 is 0 Å². The third-order valence-electron chi connectivity index (χ3n) is 1.55. The monoisotopic (exact) mass is 171 g/mol. The Morgan fingerprint density at radius 2 is 2.36 bits per heavy atom. The molecule has 0 aromatic carbocycles. The first-order chi connectivity index (χ1) is 5.35. The van der Waals surface area contributed by atoms with E-state index in [4.69, 9.17) is 0 Å². The van der Waals surface area contributed by atoms with Crippen LogP contribution in [0.3, 0.4) is 0 Å². The first-order valence-electron chi connectivity index (χ1n) is 4.00. The molecule has 0 aliphatic carbocycles. The summed E-state index contributed by atoms with van der Waals surface area (Å²) in [7, 11) is 0. The van der Waals surface area contributed by atoms with E-state index in [1.807, 2.05) is 11.7 Å². The van der Waals surface area contributed by atoms with Gasteiger partial charge in [-0.1, -0.05) is 44.0 Å². The fourth-order valence-electron chi connectivity index (χ4n) is 0.882. The maximum absolute atomic E-state index is 10.00. The number of unbranched alkanes of at least 4 members (excludes halogenated alkanes) is 2. The lowest BCUT2D eigenvalue weighted by Gasteiger charge is -2.05. The lowest BCUT2D eigenvalue weighted by molar-refractivity contribution is 0.569. The molecule has 0 saturated carbocycles. The van der Waals surface area contributed by atoms with Gasteiger partial charge in [-0.15, -0.1) is 6.58 Å². The Kier molecular flexibility index (Phi) is 7.69. The van der Waals surface area contributed by atoms with Gasteiger partial charge in [0.2, 0.25) is 0 Å². The Hall–Kier alpha value is -0.240. The molecule has 1 atom stereocenters. The zero-order valence-electron chi connectivity index (χ0n) is 7.01. The van der Waals surface area contributed by atoms with Crippen LogP contribution >= 0.6 is 11.8 Å². The highest BCUT2D eigenvalue weighted by atomic mass is 32.2. The van der Waals surface area contributed by atoms with Gasteiger partial charge in [-0.2, -0.15) is 0 Å². The van der Waals surface area contributed by atoms with E-state index >= 15 is 0 Å². The van der Waals surface area contributed by atoms with Gasteiger partial charge < -0.3 is 0 Å². The van der Waals surface area contributed by atoms with E-state index in [1.165, 1.54) is 31.0 Å². The highest BCUT2D eigenvalue weighted by Crippen LogP contribution is 2.15. The van der Waals surface area contributed by atoms with Crippen molar-refractivity contribution in [2.75, 3.05) is 0 Å². The molecule has 11 heavy (non-hydrogen) atoms. The zero-order valence-corrected chi connectivity index (χ0v) is 7.82. The predicted molar refractivity (Wildman–Crippen MR) is 51.4 cm³/mol. The summed E-state index contributed by atoms with van der Waals surface area (Å²) in [5, 5.41) is 0.277. The van der Waals surface area contributed by atoms with Gasteiger partial charge >= 0.3 is 0 Å². The van der Waals surface area contributed by atoms with Crippen LogP contribution in [0, 0.1) is 0 Å². The Morgan fingerprint density at radius 1 is 1.64 bits per heavy atom. The second kappa shape index (κ2) is 7.86. The number of hydrogen-bond acceptors (Lipinski definition) is 2. The summed E-state index contributed by atoms with van der Waals surface area (Å²) in [5.41, 5.74) is 1.84. The SMILES string of the molecule is C=CC(CCCCC)S[C]=O. The smallest absolute Gasteiger partial charge is 0.266 e. The summed E-state index contributed by atoms with van der Waals surface area (Å²) in [6.07, 6.45) is 6.52. The Balaban J connectivity index is 3.35. The van der Waals surface area contributed by atoms with Crippen LogP contribution < -0.4 is 0 Å². The van der Waals surface area contributed by atoms with Gasteiger partial charge in [0.05, 0.1) is 0 Å². The molecule has 0 saturated heterocycles. The Bertz CT molecular complexity index is 112. The third-order valence-corrected chi connectivity index (χ3v) is 2.38. The molecule has 0 rings (SSSR count). The predicted octanol–water partition coefficient (Wildman–Crippen LogP) is 2.92. The van der Waals surface area contributed by atoms with Crippen molar-refractivity contribution in [3.05, 3.63) is 12.7 Å². The van der Waals surface area contributed by atoms with Gasteiger partial charge in [0.25, 0.3) is 5.62 Å². The van der Waals surface area contributed by atoms with Crippen molar-refractivity contribution in [3.63, 3.8) is 0 Å². The van der Waals surface area contributed by atoms with E-state index in [-0.39, 0.29) is 5.25 Å². The maximum Gasteiger partial charge on any atom is 0.266 e. The third kappa shape index (κ3) is 6.17. The standard InChI is InChI=1S/C9H15OS/c1-3-5-6-7-9(4-2)11-8-10/h4,9H,2-3,5-7H2,1H3.